The number of esters is 1. The van der Waals surface area contributed by atoms with Gasteiger partial charge < -0.3 is 20.3 Å². The van der Waals surface area contributed by atoms with E-state index in [1.165, 1.54) is 257 Å². The lowest BCUT2D eigenvalue weighted by molar-refractivity contribution is -0.143. The third-order valence-electron chi connectivity index (χ3n) is 14.6. The molecule has 3 N–H and O–H groups in total. The molecule has 0 fully saturated rings. The van der Waals surface area contributed by atoms with E-state index in [2.05, 4.69) is 43.5 Å². The maximum atomic E-state index is 12.5. The molecule has 0 aliphatic rings. The maximum Gasteiger partial charge on any atom is 0.305 e. The zero-order chi connectivity index (χ0) is 51.4. The molecule has 0 aliphatic carbocycles. The first-order valence-corrected chi connectivity index (χ1v) is 31.8. The predicted molar refractivity (Wildman–Crippen MR) is 310 cm³/mol. The highest BCUT2D eigenvalue weighted by molar-refractivity contribution is 5.76. The van der Waals surface area contributed by atoms with Crippen molar-refractivity contribution in [1.82, 2.24) is 5.32 Å². The summed E-state index contributed by atoms with van der Waals surface area (Å²) in [6.45, 7) is 4.90. The first kappa shape index (κ1) is 69.1. The van der Waals surface area contributed by atoms with Gasteiger partial charge in [-0.3, -0.25) is 9.59 Å². The van der Waals surface area contributed by atoms with E-state index in [4.69, 9.17) is 4.74 Å². The van der Waals surface area contributed by atoms with Gasteiger partial charge in [-0.05, 0) is 83.5 Å². The van der Waals surface area contributed by atoms with E-state index in [0.717, 1.165) is 57.8 Å². The molecule has 0 radical (unpaired) electrons. The summed E-state index contributed by atoms with van der Waals surface area (Å²) in [5.74, 6) is -0.0835. The van der Waals surface area contributed by atoms with Crippen molar-refractivity contribution >= 4 is 11.9 Å². The third-order valence-corrected chi connectivity index (χ3v) is 14.6. The van der Waals surface area contributed by atoms with E-state index in [1.807, 2.05) is 6.08 Å². The molecule has 6 nitrogen and oxygen atoms in total. The maximum absolute atomic E-state index is 12.5. The summed E-state index contributed by atoms with van der Waals surface area (Å²) in [6.07, 6.45) is 76.1. The standard InChI is InChI=1S/C65H123NO5/c1-3-5-7-9-11-13-15-17-19-21-22-23-26-29-33-37-41-45-49-53-57-63(68)62(61-67)66-64(69)58-54-50-46-42-38-34-30-27-24-28-32-36-40-44-48-52-56-60-71-65(70)59-55-51-47-43-39-35-31-25-20-18-16-14-12-10-8-6-4-2/h18,20,24,28,53,57,62-63,67-68H,3-17,19,21-23,25-27,29-52,54-56,58-61H2,1-2H3,(H,66,69)/b20-18-,28-24-,57-53+. The van der Waals surface area contributed by atoms with Crippen molar-refractivity contribution in [3.05, 3.63) is 36.5 Å². The Kier molecular flexibility index (Phi) is 59.0. The number of hydrogen-bond donors (Lipinski definition) is 3. The van der Waals surface area contributed by atoms with E-state index >= 15 is 0 Å². The molecule has 0 aliphatic heterocycles. The highest BCUT2D eigenvalue weighted by atomic mass is 16.5. The molecule has 71 heavy (non-hydrogen) atoms. The second-order valence-electron chi connectivity index (χ2n) is 21.7. The van der Waals surface area contributed by atoms with Gasteiger partial charge >= 0.3 is 5.97 Å². The van der Waals surface area contributed by atoms with Gasteiger partial charge in [0.2, 0.25) is 5.91 Å². The van der Waals surface area contributed by atoms with Gasteiger partial charge in [-0.2, -0.15) is 0 Å². The Balaban J connectivity index is 3.48. The molecule has 0 saturated carbocycles. The Hall–Kier alpha value is -1.92. The molecule has 2 atom stereocenters. The molecule has 1 amide bonds. The number of ether oxygens (including phenoxy) is 1. The van der Waals surface area contributed by atoms with Crippen LogP contribution in [0.4, 0.5) is 0 Å². The van der Waals surface area contributed by atoms with Gasteiger partial charge in [-0.25, -0.2) is 0 Å². The van der Waals surface area contributed by atoms with Crippen LogP contribution < -0.4 is 5.32 Å². The van der Waals surface area contributed by atoms with Crippen molar-refractivity contribution in [2.24, 2.45) is 0 Å². The van der Waals surface area contributed by atoms with Gasteiger partial charge in [0.1, 0.15) is 0 Å². The molecule has 0 saturated heterocycles. The largest absolute Gasteiger partial charge is 0.466 e. The molecule has 418 valence electrons. The van der Waals surface area contributed by atoms with Crippen LogP contribution in [-0.2, 0) is 14.3 Å². The van der Waals surface area contributed by atoms with Crippen molar-refractivity contribution in [3.63, 3.8) is 0 Å². The summed E-state index contributed by atoms with van der Waals surface area (Å²) in [4.78, 5) is 24.6. The SMILES string of the molecule is CCCCCCCC/C=C\CCCCCCCCCC(=O)OCCCCCCCC/C=C\CCCCCCCCCC(=O)NC(CO)C(O)/C=C/CCCCCCCCCCCCCCCCCCCC. The molecule has 0 aromatic carbocycles. The fraction of sp³-hybridized carbons (Fsp3) is 0.877. The first-order valence-electron chi connectivity index (χ1n) is 31.8. The monoisotopic (exact) mass is 998 g/mol. The Bertz CT molecular complexity index is 1150. The van der Waals surface area contributed by atoms with Gasteiger partial charge in [-0.1, -0.05) is 281 Å². The number of rotatable bonds is 59. The van der Waals surface area contributed by atoms with Crippen molar-refractivity contribution in [1.29, 1.82) is 0 Å². The van der Waals surface area contributed by atoms with Gasteiger partial charge in [-0.15, -0.1) is 0 Å². The Labute approximate surface area is 443 Å². The van der Waals surface area contributed by atoms with Crippen molar-refractivity contribution in [2.45, 2.75) is 353 Å². The van der Waals surface area contributed by atoms with Gasteiger partial charge in [0.05, 0.1) is 25.4 Å². The lowest BCUT2D eigenvalue weighted by Crippen LogP contribution is -2.45. The van der Waals surface area contributed by atoms with Crippen LogP contribution in [0.2, 0.25) is 0 Å². The molecule has 0 aromatic heterocycles. The minimum Gasteiger partial charge on any atom is -0.466 e. The smallest absolute Gasteiger partial charge is 0.305 e. The second-order valence-corrected chi connectivity index (χ2v) is 21.7. The predicted octanol–water partition coefficient (Wildman–Crippen LogP) is 20.0. The molecule has 0 bridgehead atoms. The Morgan fingerprint density at radius 1 is 0.380 bits per heavy atom. The average Bonchev–Trinajstić information content (AvgIpc) is 3.37. The summed E-state index contributed by atoms with van der Waals surface area (Å²) >= 11 is 0. The summed E-state index contributed by atoms with van der Waals surface area (Å²) in [6, 6.07) is -0.638. The zero-order valence-electron chi connectivity index (χ0n) is 47.7. The normalized spacial score (nSPS) is 12.8. The number of unbranched alkanes of at least 4 members (excludes halogenated alkanes) is 44. The van der Waals surface area contributed by atoms with Crippen LogP contribution in [0.25, 0.3) is 0 Å². The van der Waals surface area contributed by atoms with Crippen LogP contribution in [0.3, 0.4) is 0 Å². The van der Waals surface area contributed by atoms with Crippen molar-refractivity contribution < 1.29 is 24.5 Å². The lowest BCUT2D eigenvalue weighted by atomic mass is 10.0. The molecular weight excluding hydrogens is 875 g/mol. The average molecular weight is 999 g/mol. The van der Waals surface area contributed by atoms with E-state index in [0.29, 0.717) is 19.4 Å². The van der Waals surface area contributed by atoms with E-state index in [1.54, 1.807) is 6.08 Å². The van der Waals surface area contributed by atoms with Gasteiger partial charge in [0, 0.05) is 12.8 Å². The molecule has 0 heterocycles. The van der Waals surface area contributed by atoms with E-state index < -0.39 is 12.1 Å². The Morgan fingerprint density at radius 2 is 0.662 bits per heavy atom. The van der Waals surface area contributed by atoms with Crippen LogP contribution in [0.1, 0.15) is 341 Å². The van der Waals surface area contributed by atoms with Crippen LogP contribution >= 0.6 is 0 Å². The Morgan fingerprint density at radius 3 is 1.00 bits per heavy atom. The van der Waals surface area contributed by atoms with Crippen molar-refractivity contribution in [2.75, 3.05) is 13.2 Å². The van der Waals surface area contributed by atoms with Crippen LogP contribution in [0.5, 0.6) is 0 Å². The molecular formula is C65H123NO5. The van der Waals surface area contributed by atoms with Gasteiger partial charge in [0.25, 0.3) is 0 Å². The van der Waals surface area contributed by atoms with Crippen LogP contribution in [0.15, 0.2) is 36.5 Å². The fourth-order valence-electron chi connectivity index (χ4n) is 9.74. The molecule has 2 unspecified atom stereocenters. The van der Waals surface area contributed by atoms with Crippen molar-refractivity contribution in [3.8, 4) is 0 Å². The number of amides is 1. The summed E-state index contributed by atoms with van der Waals surface area (Å²) in [5, 5.41) is 23.2. The van der Waals surface area contributed by atoms with E-state index in [9.17, 15) is 19.8 Å². The first-order chi connectivity index (χ1) is 35.0. The molecule has 0 rings (SSSR count). The minimum absolute atomic E-state index is 0.00575. The molecule has 6 heteroatoms. The number of carbonyl (C=O) groups excluding carboxylic acids is 2. The summed E-state index contributed by atoms with van der Waals surface area (Å²) < 4.78 is 5.48. The van der Waals surface area contributed by atoms with Crippen LogP contribution in [0, 0.1) is 0 Å². The number of carbonyl (C=O) groups is 2. The summed E-state index contributed by atoms with van der Waals surface area (Å²) in [5.41, 5.74) is 0. The topological polar surface area (TPSA) is 95.9 Å². The summed E-state index contributed by atoms with van der Waals surface area (Å²) in [7, 11) is 0. The number of aliphatic hydroxyl groups excluding tert-OH is 2. The number of aliphatic hydroxyl groups is 2. The quantitative estimate of drug-likeness (QED) is 0.0321. The molecule has 0 aromatic rings. The number of allylic oxidation sites excluding steroid dienone is 5. The lowest BCUT2D eigenvalue weighted by Gasteiger charge is -2.20. The minimum atomic E-state index is -0.854. The number of nitrogens with one attached hydrogen (secondary N) is 1. The fourth-order valence-corrected chi connectivity index (χ4v) is 9.74. The molecule has 0 spiro atoms. The van der Waals surface area contributed by atoms with E-state index in [-0.39, 0.29) is 18.5 Å². The van der Waals surface area contributed by atoms with Crippen LogP contribution in [-0.4, -0.2) is 47.4 Å². The number of hydrogen-bond acceptors (Lipinski definition) is 5. The highest BCUT2D eigenvalue weighted by Gasteiger charge is 2.18. The second kappa shape index (κ2) is 60.6. The third kappa shape index (κ3) is 57.2. The van der Waals surface area contributed by atoms with Gasteiger partial charge in [0.15, 0.2) is 0 Å². The zero-order valence-corrected chi connectivity index (χ0v) is 47.7. The highest BCUT2D eigenvalue weighted by Crippen LogP contribution is 2.17.